The number of nitrogens with one attached hydrogen (secondary N) is 1. The Morgan fingerprint density at radius 1 is 1.15 bits per heavy atom. The second kappa shape index (κ2) is 8.56. The fourth-order valence-electron chi connectivity index (χ4n) is 4.33. The van der Waals surface area contributed by atoms with Gasteiger partial charge in [-0.05, 0) is 55.9 Å². The number of esters is 1. The van der Waals surface area contributed by atoms with Gasteiger partial charge in [-0.3, -0.25) is 4.79 Å². The number of amides is 1. The summed E-state index contributed by atoms with van der Waals surface area (Å²) in [5.74, 6) is 0.220. The van der Waals surface area contributed by atoms with E-state index >= 15 is 0 Å². The maximum Gasteiger partial charge on any atom is 0.349 e. The van der Waals surface area contributed by atoms with Crippen LogP contribution in [0, 0.1) is 5.92 Å². The molecular formula is C26H25NO5S. The standard InChI is InChI=1S/C26H25NO5S/c1-14-8-9-23-16(10-14)11-24(33-23)26(29)31-15(2)25(28)27-19-13-21-18(12-22(19)30-3)17-6-4-5-7-20(17)32-21/h4-7,11-15H,8-10H2,1-3H3,(H,27,28)/t14-,15+/m1/s1. The highest BCUT2D eigenvalue weighted by Crippen LogP contribution is 2.36. The second-order valence-electron chi connectivity index (χ2n) is 8.59. The van der Waals surface area contributed by atoms with Crippen molar-refractivity contribution in [3.63, 3.8) is 0 Å². The Morgan fingerprint density at radius 3 is 2.79 bits per heavy atom. The number of furan rings is 1. The van der Waals surface area contributed by atoms with Crippen LogP contribution >= 0.6 is 11.3 Å². The molecule has 6 nitrogen and oxygen atoms in total. The third-order valence-electron chi connectivity index (χ3n) is 6.14. The van der Waals surface area contributed by atoms with Crippen molar-refractivity contribution >= 4 is 50.8 Å². The van der Waals surface area contributed by atoms with Gasteiger partial charge in [-0.1, -0.05) is 25.1 Å². The second-order valence-corrected chi connectivity index (χ2v) is 9.73. The molecule has 1 aliphatic rings. The number of carbonyl (C=O) groups is 2. The van der Waals surface area contributed by atoms with Crippen LogP contribution < -0.4 is 10.1 Å². The molecule has 2 heterocycles. The van der Waals surface area contributed by atoms with E-state index in [-0.39, 0.29) is 0 Å². The van der Waals surface area contributed by atoms with Crippen LogP contribution in [0.1, 0.15) is 40.4 Å². The molecule has 0 unspecified atom stereocenters. The smallest absolute Gasteiger partial charge is 0.349 e. The maximum atomic E-state index is 12.8. The van der Waals surface area contributed by atoms with Crippen LogP contribution in [0.5, 0.6) is 5.75 Å². The van der Waals surface area contributed by atoms with Crippen LogP contribution in [0.25, 0.3) is 21.9 Å². The lowest BCUT2D eigenvalue weighted by atomic mass is 9.90. The molecule has 33 heavy (non-hydrogen) atoms. The third kappa shape index (κ3) is 4.09. The molecule has 0 saturated carbocycles. The van der Waals surface area contributed by atoms with Crippen LogP contribution in [0.4, 0.5) is 5.69 Å². The molecule has 0 fully saturated rings. The number of carbonyl (C=O) groups excluding carboxylic acids is 2. The molecule has 0 bridgehead atoms. The van der Waals surface area contributed by atoms with Gasteiger partial charge in [0.15, 0.2) is 6.10 Å². The highest BCUT2D eigenvalue weighted by molar-refractivity contribution is 7.14. The summed E-state index contributed by atoms with van der Waals surface area (Å²) in [6.45, 7) is 3.79. The van der Waals surface area contributed by atoms with Gasteiger partial charge in [0.05, 0.1) is 12.8 Å². The minimum Gasteiger partial charge on any atom is -0.495 e. The molecule has 1 aliphatic carbocycles. The summed E-state index contributed by atoms with van der Waals surface area (Å²) in [6, 6.07) is 13.2. The van der Waals surface area contributed by atoms with E-state index in [2.05, 4.69) is 12.2 Å². The van der Waals surface area contributed by atoms with Crippen LogP contribution in [0.2, 0.25) is 0 Å². The summed E-state index contributed by atoms with van der Waals surface area (Å²) in [5.41, 5.74) is 3.08. The number of hydrogen-bond donors (Lipinski definition) is 1. The van der Waals surface area contributed by atoms with Crippen molar-refractivity contribution in [1.82, 2.24) is 0 Å². The highest BCUT2D eigenvalue weighted by Gasteiger charge is 2.25. The largest absolute Gasteiger partial charge is 0.495 e. The normalized spacial score (nSPS) is 16.4. The number of hydrogen-bond acceptors (Lipinski definition) is 6. The Balaban J connectivity index is 1.32. The van der Waals surface area contributed by atoms with Crippen molar-refractivity contribution < 1.29 is 23.5 Å². The third-order valence-corrected chi connectivity index (χ3v) is 7.36. The molecule has 1 N–H and O–H groups in total. The average molecular weight is 464 g/mol. The van der Waals surface area contributed by atoms with E-state index in [4.69, 9.17) is 13.9 Å². The van der Waals surface area contributed by atoms with E-state index in [1.807, 2.05) is 36.4 Å². The number of methoxy groups -OCH3 is 1. The molecular weight excluding hydrogens is 438 g/mol. The van der Waals surface area contributed by atoms with E-state index in [0.29, 0.717) is 27.8 Å². The van der Waals surface area contributed by atoms with Gasteiger partial charge < -0.3 is 19.2 Å². The van der Waals surface area contributed by atoms with Gasteiger partial charge in [-0.25, -0.2) is 4.79 Å². The van der Waals surface area contributed by atoms with Crippen molar-refractivity contribution in [1.29, 1.82) is 0 Å². The number of para-hydroxylation sites is 1. The number of benzene rings is 2. The SMILES string of the molecule is COc1cc2c(cc1NC(=O)[C@H](C)OC(=O)c1cc3c(s1)CC[C@@H](C)C3)oc1ccccc12. The Morgan fingerprint density at radius 2 is 1.97 bits per heavy atom. The lowest BCUT2D eigenvalue weighted by molar-refractivity contribution is -0.123. The van der Waals surface area contributed by atoms with E-state index in [1.165, 1.54) is 21.8 Å². The molecule has 2 aromatic heterocycles. The van der Waals surface area contributed by atoms with E-state index in [9.17, 15) is 9.59 Å². The van der Waals surface area contributed by atoms with Gasteiger partial charge in [0.25, 0.3) is 5.91 Å². The zero-order valence-electron chi connectivity index (χ0n) is 18.8. The van der Waals surface area contributed by atoms with Crippen molar-refractivity contribution in [2.24, 2.45) is 5.92 Å². The van der Waals surface area contributed by atoms with Gasteiger partial charge >= 0.3 is 5.97 Å². The Bertz CT molecular complexity index is 1370. The maximum absolute atomic E-state index is 12.8. The lowest BCUT2D eigenvalue weighted by Gasteiger charge is -2.16. The van der Waals surface area contributed by atoms with Gasteiger partial charge in [0, 0.05) is 21.7 Å². The van der Waals surface area contributed by atoms with Crippen LogP contribution in [-0.2, 0) is 22.4 Å². The first-order valence-corrected chi connectivity index (χ1v) is 11.9. The number of aryl methyl sites for hydroxylation is 1. The number of anilines is 1. The van der Waals surface area contributed by atoms with Gasteiger partial charge in [0.2, 0.25) is 0 Å². The minimum absolute atomic E-state index is 0.438. The van der Waals surface area contributed by atoms with Crippen molar-refractivity contribution in [2.75, 3.05) is 12.4 Å². The molecule has 2 aromatic carbocycles. The van der Waals surface area contributed by atoms with Crippen LogP contribution in [-0.4, -0.2) is 25.1 Å². The fraction of sp³-hybridized carbons (Fsp3) is 0.308. The topological polar surface area (TPSA) is 77.8 Å². The first-order valence-electron chi connectivity index (χ1n) is 11.1. The van der Waals surface area contributed by atoms with E-state index in [0.717, 1.165) is 35.6 Å². The zero-order valence-corrected chi connectivity index (χ0v) is 19.6. The quantitative estimate of drug-likeness (QED) is 0.369. The molecule has 4 aromatic rings. The molecule has 5 rings (SSSR count). The number of rotatable bonds is 5. The highest BCUT2D eigenvalue weighted by atomic mass is 32.1. The van der Waals surface area contributed by atoms with Crippen molar-refractivity contribution in [3.05, 3.63) is 57.8 Å². The zero-order chi connectivity index (χ0) is 23.1. The number of thiophene rings is 1. The minimum atomic E-state index is -0.966. The van der Waals surface area contributed by atoms with Gasteiger partial charge in [-0.2, -0.15) is 0 Å². The molecule has 1 amide bonds. The fourth-order valence-corrected chi connectivity index (χ4v) is 5.42. The predicted molar refractivity (Wildman–Crippen MR) is 129 cm³/mol. The summed E-state index contributed by atoms with van der Waals surface area (Å²) in [6.07, 6.45) is 2.15. The summed E-state index contributed by atoms with van der Waals surface area (Å²) in [4.78, 5) is 27.3. The Labute approximate surface area is 195 Å². The Kier molecular flexibility index (Phi) is 5.58. The van der Waals surface area contributed by atoms with Crippen LogP contribution in [0.3, 0.4) is 0 Å². The molecule has 0 radical (unpaired) electrons. The van der Waals surface area contributed by atoms with Crippen molar-refractivity contribution in [2.45, 2.75) is 39.2 Å². The summed E-state index contributed by atoms with van der Waals surface area (Å²) in [5, 5.41) is 4.68. The molecule has 7 heteroatoms. The summed E-state index contributed by atoms with van der Waals surface area (Å²) in [7, 11) is 1.54. The number of fused-ring (bicyclic) bond motifs is 4. The van der Waals surface area contributed by atoms with E-state index in [1.54, 1.807) is 20.1 Å². The monoisotopic (exact) mass is 463 g/mol. The summed E-state index contributed by atoms with van der Waals surface area (Å²) < 4.78 is 16.9. The Hall–Kier alpha value is -3.32. The molecule has 0 spiro atoms. The summed E-state index contributed by atoms with van der Waals surface area (Å²) >= 11 is 1.47. The van der Waals surface area contributed by atoms with Gasteiger partial charge in [0.1, 0.15) is 21.8 Å². The first kappa shape index (κ1) is 21.5. The molecule has 0 saturated heterocycles. The molecule has 0 aliphatic heterocycles. The molecule has 170 valence electrons. The predicted octanol–water partition coefficient (Wildman–Crippen LogP) is 5.96. The number of ether oxygens (including phenoxy) is 2. The van der Waals surface area contributed by atoms with E-state index < -0.39 is 18.0 Å². The van der Waals surface area contributed by atoms with Gasteiger partial charge in [-0.15, -0.1) is 11.3 Å². The van der Waals surface area contributed by atoms with Crippen molar-refractivity contribution in [3.8, 4) is 5.75 Å². The lowest BCUT2D eigenvalue weighted by Crippen LogP contribution is -2.30. The average Bonchev–Trinajstić information content (AvgIpc) is 3.38. The van der Waals surface area contributed by atoms with Crippen LogP contribution in [0.15, 0.2) is 46.9 Å². The first-order chi connectivity index (χ1) is 15.9. The molecule has 2 atom stereocenters.